The van der Waals surface area contributed by atoms with E-state index < -0.39 is 24.3 Å². The Morgan fingerprint density at radius 2 is 1.78 bits per heavy atom. The van der Waals surface area contributed by atoms with Crippen molar-refractivity contribution < 1.29 is 38.6 Å². The number of carbonyl (C=O) groups excluding carboxylic acids is 2. The highest BCUT2D eigenvalue weighted by Crippen LogP contribution is 2.05. The summed E-state index contributed by atoms with van der Waals surface area (Å²) in [6.45, 7) is 1.59. The number of aliphatic carboxylic acids is 1. The number of oxime groups is 1. The van der Waals surface area contributed by atoms with E-state index in [0.717, 1.165) is 19.3 Å². The van der Waals surface area contributed by atoms with Gasteiger partial charge in [0.2, 0.25) is 0 Å². The number of nitrogens with two attached hydrogens (primary N) is 1. The third kappa shape index (κ3) is 9.14. The van der Waals surface area contributed by atoms with E-state index in [-0.39, 0.29) is 18.8 Å². The van der Waals surface area contributed by atoms with Gasteiger partial charge < -0.3 is 25.2 Å². The highest BCUT2D eigenvalue weighted by molar-refractivity contribution is 5.80. The van der Waals surface area contributed by atoms with E-state index in [1.165, 1.54) is 6.92 Å². The maximum Gasteiger partial charge on any atom is 0.534 e. The summed E-state index contributed by atoms with van der Waals surface area (Å²) in [7, 11) is 2.24. The van der Waals surface area contributed by atoms with Gasteiger partial charge in [0.05, 0.1) is 20.8 Å². The molecule has 1 atom stereocenters. The van der Waals surface area contributed by atoms with Gasteiger partial charge in [-0.1, -0.05) is 5.16 Å². The molecule has 0 heterocycles. The normalized spacial score (nSPS) is 12.1. The van der Waals surface area contributed by atoms with Crippen molar-refractivity contribution in [3.8, 4) is 0 Å². The fourth-order valence-electron chi connectivity index (χ4n) is 1.33. The minimum atomic E-state index is -1.09. The Morgan fingerprint density at radius 1 is 1.17 bits per heavy atom. The Balaban J connectivity index is 4.53. The third-order valence-corrected chi connectivity index (χ3v) is 2.57. The standard InChI is InChI=1S/C12H21N3O8/c1-8(14-22-11(18)20-2)15(23-12(19)21-3)7-5-4-6-9(13)10(16)17/h9H,4-7,13H2,1-3H3,(H,16,17)/b14-8-/t9-/m0/s1. The van der Waals surface area contributed by atoms with Gasteiger partial charge in [-0.25, -0.2) is 9.59 Å². The molecule has 0 aliphatic rings. The highest BCUT2D eigenvalue weighted by atomic mass is 16.8. The van der Waals surface area contributed by atoms with Crippen LogP contribution >= 0.6 is 0 Å². The van der Waals surface area contributed by atoms with Crippen LogP contribution in [0.5, 0.6) is 0 Å². The number of hydroxylamine groups is 2. The van der Waals surface area contributed by atoms with Crippen molar-refractivity contribution >= 4 is 24.1 Å². The van der Waals surface area contributed by atoms with Gasteiger partial charge >= 0.3 is 18.3 Å². The Morgan fingerprint density at radius 3 is 2.30 bits per heavy atom. The lowest BCUT2D eigenvalue weighted by Crippen LogP contribution is -2.34. The first-order chi connectivity index (χ1) is 10.8. The molecule has 0 spiro atoms. The molecule has 0 saturated carbocycles. The molecule has 0 bridgehead atoms. The monoisotopic (exact) mass is 335 g/mol. The SMILES string of the molecule is COC(=O)O/N=C(/C)N(CCCC[C@H](N)C(=O)O)OC(=O)OC. The number of carboxylic acid groups (broad SMARTS) is 1. The fourth-order valence-corrected chi connectivity index (χ4v) is 1.33. The summed E-state index contributed by atoms with van der Waals surface area (Å²) in [6, 6.07) is -0.956. The summed E-state index contributed by atoms with van der Waals surface area (Å²) >= 11 is 0. The van der Waals surface area contributed by atoms with Crippen LogP contribution in [0.1, 0.15) is 26.2 Å². The molecule has 0 radical (unpaired) electrons. The molecule has 0 aliphatic carbocycles. The molecule has 0 saturated heterocycles. The fraction of sp³-hybridized carbons (Fsp3) is 0.667. The predicted octanol–water partition coefficient (Wildman–Crippen LogP) is 0.685. The van der Waals surface area contributed by atoms with Gasteiger partial charge in [-0.2, -0.15) is 5.06 Å². The van der Waals surface area contributed by atoms with Gasteiger partial charge in [-0.15, -0.1) is 0 Å². The van der Waals surface area contributed by atoms with Crippen LogP contribution in [0.4, 0.5) is 9.59 Å². The predicted molar refractivity (Wildman–Crippen MR) is 76.3 cm³/mol. The van der Waals surface area contributed by atoms with Crippen LogP contribution in [0.15, 0.2) is 5.16 Å². The van der Waals surface area contributed by atoms with Crippen LogP contribution in [0.25, 0.3) is 0 Å². The molecule has 0 aromatic heterocycles. The molecule has 0 aromatic rings. The van der Waals surface area contributed by atoms with E-state index in [9.17, 15) is 14.4 Å². The number of rotatable bonds is 7. The number of hydrogen-bond donors (Lipinski definition) is 2. The lowest BCUT2D eigenvalue weighted by molar-refractivity contribution is -0.138. The summed E-state index contributed by atoms with van der Waals surface area (Å²) in [5, 5.41) is 13.2. The second-order valence-electron chi connectivity index (χ2n) is 4.27. The van der Waals surface area contributed by atoms with Crippen molar-refractivity contribution in [3.05, 3.63) is 0 Å². The summed E-state index contributed by atoms with van der Waals surface area (Å²) in [5.41, 5.74) is 5.38. The average Bonchev–Trinajstić information content (AvgIpc) is 2.54. The van der Waals surface area contributed by atoms with Gasteiger partial charge in [0, 0.05) is 6.92 Å². The lowest BCUT2D eigenvalue weighted by Gasteiger charge is -2.21. The number of ether oxygens (including phenoxy) is 2. The quantitative estimate of drug-likeness (QED) is 0.170. The van der Waals surface area contributed by atoms with Gasteiger partial charge in [-0.3, -0.25) is 9.63 Å². The first-order valence-electron chi connectivity index (χ1n) is 6.63. The van der Waals surface area contributed by atoms with E-state index in [0.29, 0.717) is 12.8 Å². The Bertz CT molecular complexity index is 440. The smallest absolute Gasteiger partial charge is 0.480 e. The molecule has 11 nitrogen and oxygen atoms in total. The van der Waals surface area contributed by atoms with Gasteiger partial charge in [0.15, 0.2) is 5.84 Å². The maximum absolute atomic E-state index is 11.2. The van der Waals surface area contributed by atoms with Crippen molar-refractivity contribution in [1.29, 1.82) is 0 Å². The zero-order valence-corrected chi connectivity index (χ0v) is 13.2. The van der Waals surface area contributed by atoms with E-state index >= 15 is 0 Å². The van der Waals surface area contributed by atoms with Crippen molar-refractivity contribution in [2.24, 2.45) is 10.9 Å². The van der Waals surface area contributed by atoms with E-state index in [1.807, 2.05) is 0 Å². The molecule has 11 heteroatoms. The summed E-state index contributed by atoms with van der Waals surface area (Å²) in [4.78, 5) is 41.8. The summed E-state index contributed by atoms with van der Waals surface area (Å²) < 4.78 is 8.61. The zero-order valence-electron chi connectivity index (χ0n) is 13.2. The molecule has 0 amide bonds. The molecule has 0 aromatic carbocycles. The van der Waals surface area contributed by atoms with Crippen LogP contribution in [0, 0.1) is 0 Å². The van der Waals surface area contributed by atoms with E-state index in [4.69, 9.17) is 15.7 Å². The second kappa shape index (κ2) is 11.1. The second-order valence-corrected chi connectivity index (χ2v) is 4.27. The van der Waals surface area contributed by atoms with E-state index in [1.54, 1.807) is 0 Å². The maximum atomic E-state index is 11.2. The van der Waals surface area contributed by atoms with Gasteiger partial charge in [-0.05, 0) is 19.3 Å². The van der Waals surface area contributed by atoms with Gasteiger partial charge in [0.1, 0.15) is 6.04 Å². The topological polar surface area (TPSA) is 150 Å². The van der Waals surface area contributed by atoms with Crippen LogP contribution in [-0.2, 0) is 23.9 Å². The summed E-state index contributed by atoms with van der Waals surface area (Å²) in [6.07, 6.45) is -0.839. The minimum Gasteiger partial charge on any atom is -0.480 e. The van der Waals surface area contributed by atoms with Crippen LogP contribution < -0.4 is 5.73 Å². The number of hydrogen-bond acceptors (Lipinski definition) is 9. The largest absolute Gasteiger partial charge is 0.534 e. The molecule has 0 unspecified atom stereocenters. The highest BCUT2D eigenvalue weighted by Gasteiger charge is 2.16. The number of nitrogens with zero attached hydrogens (tertiary/aromatic N) is 2. The Labute approximate surface area is 132 Å². The average molecular weight is 335 g/mol. The molecular formula is C12H21N3O8. The zero-order chi connectivity index (χ0) is 17.8. The first-order valence-corrected chi connectivity index (χ1v) is 6.63. The van der Waals surface area contributed by atoms with Crippen LogP contribution in [0.2, 0.25) is 0 Å². The Hall–Kier alpha value is -2.56. The molecule has 0 rings (SSSR count). The molecule has 0 aliphatic heterocycles. The Kier molecular flexibility index (Phi) is 9.83. The van der Waals surface area contributed by atoms with Crippen LogP contribution in [-0.4, -0.2) is 61.1 Å². The van der Waals surface area contributed by atoms with Crippen LogP contribution in [0.3, 0.4) is 0 Å². The summed E-state index contributed by atoms with van der Waals surface area (Å²) in [5.74, 6) is -1.03. The van der Waals surface area contributed by atoms with Crippen molar-refractivity contribution in [2.45, 2.75) is 32.2 Å². The van der Waals surface area contributed by atoms with Crippen molar-refractivity contribution in [3.63, 3.8) is 0 Å². The molecule has 3 N–H and O–H groups in total. The minimum absolute atomic E-state index is 0.0586. The van der Waals surface area contributed by atoms with Crippen molar-refractivity contribution in [2.75, 3.05) is 20.8 Å². The first kappa shape index (κ1) is 20.4. The third-order valence-electron chi connectivity index (χ3n) is 2.57. The lowest BCUT2D eigenvalue weighted by atomic mass is 10.1. The molecule has 132 valence electrons. The number of unbranched alkanes of at least 4 members (excludes halogenated alkanes) is 1. The van der Waals surface area contributed by atoms with Crippen molar-refractivity contribution in [1.82, 2.24) is 5.06 Å². The number of carboxylic acids is 1. The van der Waals surface area contributed by atoms with Gasteiger partial charge in [0.25, 0.3) is 0 Å². The number of amidine groups is 1. The molecule has 0 fully saturated rings. The molecular weight excluding hydrogens is 314 g/mol. The molecule has 23 heavy (non-hydrogen) atoms. The number of methoxy groups -OCH3 is 2. The van der Waals surface area contributed by atoms with E-state index in [2.05, 4.69) is 19.5 Å². The number of carbonyl (C=O) groups is 3.